The third-order valence-electron chi connectivity index (χ3n) is 4.01. The minimum absolute atomic E-state index is 0.000601. The van der Waals surface area contributed by atoms with Crippen LogP contribution in [0.4, 0.5) is 4.39 Å². The fourth-order valence-electron chi connectivity index (χ4n) is 2.69. The molecule has 2 atom stereocenters. The Morgan fingerprint density at radius 3 is 2.58 bits per heavy atom. The van der Waals surface area contributed by atoms with E-state index in [1.54, 1.807) is 39.3 Å². The molecule has 1 aliphatic heterocycles. The van der Waals surface area contributed by atoms with Crippen LogP contribution < -0.4 is 14.8 Å². The third-order valence-corrected chi connectivity index (χ3v) is 4.01. The molecule has 19 heavy (non-hydrogen) atoms. The van der Waals surface area contributed by atoms with Gasteiger partial charge in [0.15, 0.2) is 11.5 Å². The van der Waals surface area contributed by atoms with Crippen LogP contribution in [0, 0.1) is 5.92 Å². The number of hydrogen-bond acceptors (Lipinski definition) is 3. The Morgan fingerprint density at radius 2 is 2.00 bits per heavy atom. The second-order valence-electron chi connectivity index (χ2n) is 5.19. The molecule has 0 saturated carbocycles. The van der Waals surface area contributed by atoms with Crippen molar-refractivity contribution in [2.75, 3.05) is 27.3 Å². The summed E-state index contributed by atoms with van der Waals surface area (Å²) in [6, 6.07) is 5.30. The summed E-state index contributed by atoms with van der Waals surface area (Å²) in [5, 5.41) is 3.27. The summed E-state index contributed by atoms with van der Waals surface area (Å²) in [5.74, 6) is 1.20. The van der Waals surface area contributed by atoms with Gasteiger partial charge in [-0.05, 0) is 44.0 Å². The lowest BCUT2D eigenvalue weighted by Crippen LogP contribution is -2.40. The molecule has 2 unspecified atom stereocenters. The zero-order chi connectivity index (χ0) is 13.9. The maximum absolute atomic E-state index is 15.1. The van der Waals surface area contributed by atoms with E-state index in [-0.39, 0.29) is 5.92 Å². The lowest BCUT2D eigenvalue weighted by molar-refractivity contribution is 0.0808. The van der Waals surface area contributed by atoms with Gasteiger partial charge in [-0.2, -0.15) is 0 Å². The summed E-state index contributed by atoms with van der Waals surface area (Å²) < 4.78 is 25.6. The molecule has 0 aromatic heterocycles. The first-order valence-corrected chi connectivity index (χ1v) is 6.71. The molecule has 106 valence electrons. The Hall–Kier alpha value is -1.29. The van der Waals surface area contributed by atoms with Crippen LogP contribution in [0.25, 0.3) is 0 Å². The van der Waals surface area contributed by atoms with Crippen molar-refractivity contribution < 1.29 is 13.9 Å². The first kappa shape index (κ1) is 14.1. The molecular weight excluding hydrogens is 245 g/mol. The fourth-order valence-corrected chi connectivity index (χ4v) is 2.69. The van der Waals surface area contributed by atoms with E-state index >= 15 is 4.39 Å². The Kier molecular flexibility index (Phi) is 4.30. The second kappa shape index (κ2) is 5.78. The van der Waals surface area contributed by atoms with Crippen molar-refractivity contribution in [2.24, 2.45) is 5.92 Å². The van der Waals surface area contributed by atoms with Crippen LogP contribution in [0.15, 0.2) is 18.2 Å². The summed E-state index contributed by atoms with van der Waals surface area (Å²) in [7, 11) is 3.15. The van der Waals surface area contributed by atoms with Crippen molar-refractivity contribution in [3.8, 4) is 11.5 Å². The second-order valence-corrected chi connectivity index (χ2v) is 5.19. The average molecular weight is 267 g/mol. The first-order valence-electron chi connectivity index (χ1n) is 6.71. The van der Waals surface area contributed by atoms with Crippen LogP contribution in [0.2, 0.25) is 0 Å². The van der Waals surface area contributed by atoms with Gasteiger partial charge in [-0.3, -0.25) is 0 Å². The van der Waals surface area contributed by atoms with Crippen LogP contribution in [-0.2, 0) is 5.67 Å². The predicted octanol–water partition coefficient (Wildman–Crippen LogP) is 2.89. The fraction of sp³-hybridized carbons (Fsp3) is 0.600. The van der Waals surface area contributed by atoms with E-state index in [1.807, 2.05) is 0 Å². The van der Waals surface area contributed by atoms with E-state index in [1.165, 1.54) is 0 Å². The number of benzene rings is 1. The van der Waals surface area contributed by atoms with Gasteiger partial charge in [0.2, 0.25) is 0 Å². The number of rotatable bonds is 4. The van der Waals surface area contributed by atoms with Gasteiger partial charge in [0.25, 0.3) is 0 Å². The van der Waals surface area contributed by atoms with E-state index in [2.05, 4.69) is 5.32 Å². The Labute approximate surface area is 114 Å². The Bertz CT molecular complexity index is 428. The molecule has 3 nitrogen and oxygen atoms in total. The van der Waals surface area contributed by atoms with Gasteiger partial charge < -0.3 is 14.8 Å². The highest BCUT2D eigenvalue weighted by molar-refractivity contribution is 5.44. The first-order chi connectivity index (χ1) is 9.09. The standard InChI is InChI=1S/C15H22FNO2/c1-15(16,12-5-4-8-17-10-12)11-6-7-13(18-2)14(9-11)19-3/h6-7,9,12,17H,4-5,8,10H2,1-3H3. The molecule has 1 aromatic rings. The number of halogens is 1. The molecule has 1 heterocycles. The number of piperidine rings is 1. The van der Waals surface area contributed by atoms with Gasteiger partial charge in [0.1, 0.15) is 5.67 Å². The number of alkyl halides is 1. The summed E-state index contributed by atoms with van der Waals surface area (Å²) in [6.45, 7) is 3.37. The van der Waals surface area contributed by atoms with Crippen molar-refractivity contribution in [1.29, 1.82) is 0 Å². The van der Waals surface area contributed by atoms with Gasteiger partial charge in [0, 0.05) is 12.5 Å². The molecule has 2 rings (SSSR count). The number of nitrogens with one attached hydrogen (secondary N) is 1. The van der Waals surface area contributed by atoms with Crippen LogP contribution in [-0.4, -0.2) is 27.3 Å². The van der Waals surface area contributed by atoms with Crippen LogP contribution in [0.1, 0.15) is 25.3 Å². The molecule has 0 amide bonds. The lowest BCUT2D eigenvalue weighted by atomic mass is 9.80. The molecule has 0 aliphatic carbocycles. The maximum atomic E-state index is 15.1. The summed E-state index contributed by atoms with van der Waals surface area (Å²) in [6.07, 6.45) is 1.94. The third kappa shape index (κ3) is 2.84. The quantitative estimate of drug-likeness (QED) is 0.910. The molecule has 0 bridgehead atoms. The van der Waals surface area contributed by atoms with Crippen LogP contribution in [0.3, 0.4) is 0 Å². The summed E-state index contributed by atoms with van der Waals surface area (Å²) in [5.41, 5.74) is -0.702. The summed E-state index contributed by atoms with van der Waals surface area (Å²) in [4.78, 5) is 0. The van der Waals surface area contributed by atoms with Gasteiger partial charge in [-0.1, -0.05) is 6.07 Å². The van der Waals surface area contributed by atoms with Crippen molar-refractivity contribution in [1.82, 2.24) is 5.32 Å². The molecule has 1 N–H and O–H groups in total. The smallest absolute Gasteiger partial charge is 0.161 e. The van der Waals surface area contributed by atoms with E-state index in [9.17, 15) is 0 Å². The highest BCUT2D eigenvalue weighted by atomic mass is 19.1. The van der Waals surface area contributed by atoms with Crippen LogP contribution >= 0.6 is 0 Å². The van der Waals surface area contributed by atoms with E-state index in [0.717, 1.165) is 25.9 Å². The molecule has 0 radical (unpaired) electrons. The minimum Gasteiger partial charge on any atom is -0.493 e. The molecule has 4 heteroatoms. The van der Waals surface area contributed by atoms with Crippen molar-refractivity contribution in [2.45, 2.75) is 25.4 Å². The van der Waals surface area contributed by atoms with Crippen molar-refractivity contribution >= 4 is 0 Å². The van der Waals surface area contributed by atoms with Crippen molar-refractivity contribution in [3.63, 3.8) is 0 Å². The number of hydrogen-bond donors (Lipinski definition) is 1. The van der Waals surface area contributed by atoms with Crippen molar-refractivity contribution in [3.05, 3.63) is 23.8 Å². The van der Waals surface area contributed by atoms with E-state index < -0.39 is 5.67 Å². The predicted molar refractivity (Wildman–Crippen MR) is 73.6 cm³/mol. The molecule has 1 fully saturated rings. The van der Waals surface area contributed by atoms with Gasteiger partial charge in [-0.15, -0.1) is 0 Å². The van der Waals surface area contributed by atoms with Gasteiger partial charge in [-0.25, -0.2) is 4.39 Å². The highest BCUT2D eigenvalue weighted by Gasteiger charge is 2.37. The minimum atomic E-state index is -1.35. The molecule has 1 aliphatic rings. The van der Waals surface area contributed by atoms with Gasteiger partial charge >= 0.3 is 0 Å². The molecule has 1 aromatic carbocycles. The molecule has 0 spiro atoms. The van der Waals surface area contributed by atoms with Crippen LogP contribution in [0.5, 0.6) is 11.5 Å². The topological polar surface area (TPSA) is 30.5 Å². The van der Waals surface area contributed by atoms with Gasteiger partial charge in [0.05, 0.1) is 14.2 Å². The Morgan fingerprint density at radius 1 is 1.26 bits per heavy atom. The largest absolute Gasteiger partial charge is 0.493 e. The maximum Gasteiger partial charge on any atom is 0.161 e. The summed E-state index contributed by atoms with van der Waals surface area (Å²) >= 11 is 0. The Balaban J connectivity index is 2.28. The zero-order valence-corrected chi connectivity index (χ0v) is 11.8. The SMILES string of the molecule is COc1ccc(C(C)(F)C2CCCNC2)cc1OC. The zero-order valence-electron chi connectivity index (χ0n) is 11.8. The number of ether oxygens (including phenoxy) is 2. The molecular formula is C15H22FNO2. The normalized spacial score (nSPS) is 22.6. The lowest BCUT2D eigenvalue weighted by Gasteiger charge is -2.34. The molecule has 1 saturated heterocycles. The average Bonchev–Trinajstić information content (AvgIpc) is 2.47. The monoisotopic (exact) mass is 267 g/mol. The van der Waals surface area contributed by atoms with E-state index in [4.69, 9.17) is 9.47 Å². The van der Waals surface area contributed by atoms with E-state index in [0.29, 0.717) is 17.1 Å². The number of methoxy groups -OCH3 is 2. The highest BCUT2D eigenvalue weighted by Crippen LogP contribution is 2.40.